The van der Waals surface area contributed by atoms with Gasteiger partial charge in [-0.1, -0.05) is 13.3 Å². The molecular weight excluding hydrogens is 326 g/mol. The van der Waals surface area contributed by atoms with Crippen molar-refractivity contribution in [2.75, 3.05) is 24.5 Å². The maximum Gasteiger partial charge on any atom is 0.254 e. The van der Waals surface area contributed by atoms with Gasteiger partial charge in [-0.15, -0.1) is 0 Å². The summed E-state index contributed by atoms with van der Waals surface area (Å²) in [4.78, 5) is 14.3. The second kappa shape index (κ2) is 7.63. The fourth-order valence-corrected chi connectivity index (χ4v) is 3.20. The molecule has 0 aliphatic carbocycles. The zero-order valence-electron chi connectivity index (χ0n) is 14.2. The molecule has 1 aliphatic rings. The van der Waals surface area contributed by atoms with Gasteiger partial charge in [0.25, 0.3) is 5.91 Å². The van der Waals surface area contributed by atoms with E-state index in [0.717, 1.165) is 37.6 Å². The van der Waals surface area contributed by atoms with Crippen molar-refractivity contribution >= 4 is 11.6 Å². The molecule has 1 aliphatic heterocycles. The fraction of sp³-hybridized carbons (Fsp3) is 0.444. The normalized spacial score (nSPS) is 17.1. The molecule has 1 aromatic carbocycles. The van der Waals surface area contributed by atoms with Crippen LogP contribution in [0.4, 0.5) is 14.5 Å². The average Bonchev–Trinajstić information content (AvgIpc) is 3.25. The number of carbonyl (C=O) groups is 1. The highest BCUT2D eigenvalue weighted by Crippen LogP contribution is 2.25. The summed E-state index contributed by atoms with van der Waals surface area (Å²) in [7, 11) is 0. The van der Waals surface area contributed by atoms with E-state index in [1.807, 2.05) is 11.8 Å². The van der Waals surface area contributed by atoms with Gasteiger partial charge in [0.15, 0.2) is 11.6 Å². The molecule has 0 unspecified atom stereocenters. The van der Waals surface area contributed by atoms with E-state index in [1.165, 1.54) is 6.07 Å². The summed E-state index contributed by atoms with van der Waals surface area (Å²) in [6, 6.07) is 3.95. The van der Waals surface area contributed by atoms with Crippen molar-refractivity contribution in [1.82, 2.24) is 15.5 Å². The molecule has 3 rings (SSSR count). The van der Waals surface area contributed by atoms with Crippen molar-refractivity contribution in [1.29, 1.82) is 0 Å². The maximum absolute atomic E-state index is 13.4. The Balaban J connectivity index is 1.54. The van der Waals surface area contributed by atoms with Crippen LogP contribution in [0, 0.1) is 17.6 Å². The quantitative estimate of drug-likeness (QED) is 0.844. The second-order valence-electron chi connectivity index (χ2n) is 6.42. The van der Waals surface area contributed by atoms with Gasteiger partial charge in [0.1, 0.15) is 0 Å². The van der Waals surface area contributed by atoms with Crippen LogP contribution in [-0.2, 0) is 6.42 Å². The van der Waals surface area contributed by atoms with Crippen LogP contribution in [0.15, 0.2) is 24.4 Å². The minimum absolute atomic E-state index is 0.122. The molecule has 1 fully saturated rings. The molecule has 25 heavy (non-hydrogen) atoms. The number of aromatic amines is 1. The lowest BCUT2D eigenvalue weighted by atomic mass is 10.1. The second-order valence-corrected chi connectivity index (χ2v) is 6.42. The Morgan fingerprint density at radius 3 is 3.00 bits per heavy atom. The summed E-state index contributed by atoms with van der Waals surface area (Å²) in [5.74, 6) is -1.52. The fourth-order valence-electron chi connectivity index (χ4n) is 3.20. The summed E-state index contributed by atoms with van der Waals surface area (Å²) >= 11 is 0. The Morgan fingerprint density at radius 2 is 2.24 bits per heavy atom. The standard InChI is InChI=1S/C18H22F2N4O/c1-2-3-17-14(10-22-23-17)18(25)21-9-12-6-7-24(11-12)13-4-5-15(19)16(20)8-13/h4-5,8,10,12H,2-3,6-7,9,11H2,1H3,(H,21,25)(H,22,23)/t12-/m1/s1. The van der Waals surface area contributed by atoms with Crippen LogP contribution >= 0.6 is 0 Å². The van der Waals surface area contributed by atoms with Gasteiger partial charge in [0.2, 0.25) is 0 Å². The molecule has 2 heterocycles. The van der Waals surface area contributed by atoms with E-state index in [0.29, 0.717) is 24.3 Å². The van der Waals surface area contributed by atoms with Crippen LogP contribution in [0.1, 0.15) is 35.8 Å². The van der Waals surface area contributed by atoms with Crippen molar-refractivity contribution in [3.8, 4) is 0 Å². The van der Waals surface area contributed by atoms with Crippen molar-refractivity contribution in [2.24, 2.45) is 5.92 Å². The van der Waals surface area contributed by atoms with Crippen LogP contribution in [0.3, 0.4) is 0 Å². The molecule has 7 heteroatoms. The molecular formula is C18H22F2N4O. The lowest BCUT2D eigenvalue weighted by molar-refractivity contribution is 0.0947. The number of benzene rings is 1. The maximum atomic E-state index is 13.4. The van der Waals surface area contributed by atoms with E-state index in [-0.39, 0.29) is 11.8 Å². The Morgan fingerprint density at radius 1 is 1.40 bits per heavy atom. The Bertz CT molecular complexity index is 746. The van der Waals surface area contributed by atoms with Gasteiger partial charge in [-0.05, 0) is 30.9 Å². The number of halogens is 2. The Kier molecular flexibility index (Phi) is 5.31. The highest BCUT2D eigenvalue weighted by Gasteiger charge is 2.24. The third-order valence-corrected chi connectivity index (χ3v) is 4.57. The number of rotatable bonds is 6. The van der Waals surface area contributed by atoms with Gasteiger partial charge >= 0.3 is 0 Å². The minimum atomic E-state index is -0.838. The topological polar surface area (TPSA) is 61.0 Å². The highest BCUT2D eigenvalue weighted by atomic mass is 19.2. The van der Waals surface area contributed by atoms with E-state index in [4.69, 9.17) is 0 Å². The van der Waals surface area contributed by atoms with Crippen LogP contribution in [0.25, 0.3) is 0 Å². The van der Waals surface area contributed by atoms with Gasteiger partial charge in [-0.25, -0.2) is 8.78 Å². The zero-order valence-corrected chi connectivity index (χ0v) is 14.2. The molecule has 1 amide bonds. The number of hydrogen-bond donors (Lipinski definition) is 2. The van der Waals surface area contributed by atoms with Crippen molar-refractivity contribution in [3.05, 3.63) is 47.3 Å². The van der Waals surface area contributed by atoms with Gasteiger partial charge in [-0.2, -0.15) is 5.10 Å². The SMILES string of the molecule is CCCc1[nH]ncc1C(=O)NC[C@H]1CCN(c2ccc(F)c(F)c2)C1. The molecule has 5 nitrogen and oxygen atoms in total. The molecule has 0 bridgehead atoms. The Labute approximate surface area is 145 Å². The Hall–Kier alpha value is -2.44. The summed E-state index contributed by atoms with van der Waals surface area (Å²) in [6.45, 7) is 4.07. The third kappa shape index (κ3) is 3.97. The van der Waals surface area contributed by atoms with Crippen molar-refractivity contribution in [3.63, 3.8) is 0 Å². The minimum Gasteiger partial charge on any atom is -0.371 e. The van der Waals surface area contributed by atoms with Gasteiger partial charge < -0.3 is 10.2 Å². The first-order valence-corrected chi connectivity index (χ1v) is 8.59. The number of nitrogens with zero attached hydrogens (tertiary/aromatic N) is 2. The number of nitrogens with one attached hydrogen (secondary N) is 2. The molecule has 1 atom stereocenters. The third-order valence-electron chi connectivity index (χ3n) is 4.57. The molecule has 0 saturated carbocycles. The van der Waals surface area contributed by atoms with Crippen LogP contribution in [0.5, 0.6) is 0 Å². The molecule has 0 radical (unpaired) electrons. The number of anilines is 1. The van der Waals surface area contributed by atoms with Crippen LogP contribution in [-0.4, -0.2) is 35.7 Å². The number of H-pyrrole nitrogens is 1. The monoisotopic (exact) mass is 348 g/mol. The number of aryl methyl sites for hydroxylation is 1. The van der Waals surface area contributed by atoms with Crippen molar-refractivity contribution in [2.45, 2.75) is 26.2 Å². The summed E-state index contributed by atoms with van der Waals surface area (Å²) in [6.07, 6.45) is 4.18. The first kappa shape index (κ1) is 17.4. The summed E-state index contributed by atoms with van der Waals surface area (Å²) in [5.41, 5.74) is 2.12. The first-order chi connectivity index (χ1) is 12.1. The predicted octanol–water partition coefficient (Wildman–Crippen LogP) is 2.90. The van der Waals surface area contributed by atoms with Gasteiger partial charge in [0.05, 0.1) is 11.8 Å². The number of amides is 1. The van der Waals surface area contributed by atoms with E-state index in [1.54, 1.807) is 12.3 Å². The van der Waals surface area contributed by atoms with E-state index >= 15 is 0 Å². The van der Waals surface area contributed by atoms with E-state index in [9.17, 15) is 13.6 Å². The lowest BCUT2D eigenvalue weighted by Gasteiger charge is -2.19. The molecule has 2 N–H and O–H groups in total. The molecule has 134 valence electrons. The first-order valence-electron chi connectivity index (χ1n) is 8.59. The summed E-state index contributed by atoms with van der Waals surface area (Å²) in [5, 5.41) is 9.78. The number of hydrogen-bond acceptors (Lipinski definition) is 3. The van der Waals surface area contributed by atoms with E-state index < -0.39 is 11.6 Å². The van der Waals surface area contributed by atoms with E-state index in [2.05, 4.69) is 15.5 Å². The predicted molar refractivity (Wildman–Crippen MR) is 91.6 cm³/mol. The van der Waals surface area contributed by atoms with Crippen molar-refractivity contribution < 1.29 is 13.6 Å². The molecule has 2 aromatic rings. The van der Waals surface area contributed by atoms with Gasteiger partial charge in [-0.3, -0.25) is 9.89 Å². The zero-order chi connectivity index (χ0) is 17.8. The smallest absolute Gasteiger partial charge is 0.254 e. The average molecular weight is 348 g/mol. The summed E-state index contributed by atoms with van der Waals surface area (Å²) < 4.78 is 26.4. The van der Waals surface area contributed by atoms with Crippen LogP contribution in [0.2, 0.25) is 0 Å². The molecule has 0 spiro atoms. The lowest BCUT2D eigenvalue weighted by Crippen LogP contribution is -2.31. The number of carbonyl (C=O) groups excluding carboxylic acids is 1. The number of aromatic nitrogens is 2. The van der Waals surface area contributed by atoms with Crippen LogP contribution < -0.4 is 10.2 Å². The largest absolute Gasteiger partial charge is 0.371 e. The highest BCUT2D eigenvalue weighted by molar-refractivity contribution is 5.95. The molecule has 1 aromatic heterocycles. The van der Waals surface area contributed by atoms with Gasteiger partial charge in [0, 0.05) is 37.1 Å². The molecule has 1 saturated heterocycles.